The Morgan fingerprint density at radius 1 is 0.433 bits per heavy atom. The average Bonchev–Trinajstić information content (AvgIpc) is 3.93. The average molecular weight is 785 g/mol. The van der Waals surface area contributed by atoms with Gasteiger partial charge in [-0.15, -0.1) is 11.3 Å². The number of anilines is 3. The van der Waals surface area contributed by atoms with Gasteiger partial charge >= 0.3 is 0 Å². The zero-order chi connectivity index (χ0) is 40.0. The lowest BCUT2D eigenvalue weighted by Crippen LogP contribution is -2.17. The fourth-order valence-corrected chi connectivity index (χ4v) is 11.3. The van der Waals surface area contributed by atoms with E-state index in [9.17, 15) is 0 Å². The highest BCUT2D eigenvalue weighted by Gasteiger charge is 2.36. The van der Waals surface area contributed by atoms with Gasteiger partial charge in [0, 0.05) is 58.7 Å². The minimum Gasteiger partial charge on any atom is -0.309 e. The normalized spacial score (nSPS) is 13.0. The highest BCUT2D eigenvalue weighted by molar-refractivity contribution is 7.26. The zero-order valence-electron chi connectivity index (χ0n) is 33.4. The fraction of sp³-hybridized carbons (Fsp3) is 0.0526. The zero-order valence-corrected chi connectivity index (χ0v) is 34.2. The first kappa shape index (κ1) is 34.8. The molecular formula is C57H40N2S. The van der Waals surface area contributed by atoms with Crippen LogP contribution >= 0.6 is 11.3 Å². The number of hydrogen-bond donors (Lipinski definition) is 0. The topological polar surface area (TPSA) is 8.17 Å². The van der Waals surface area contributed by atoms with Gasteiger partial charge in [0.2, 0.25) is 0 Å². The van der Waals surface area contributed by atoms with Gasteiger partial charge in [-0.3, -0.25) is 0 Å². The van der Waals surface area contributed by atoms with Gasteiger partial charge in [0.1, 0.15) is 0 Å². The van der Waals surface area contributed by atoms with Crippen LogP contribution in [0.1, 0.15) is 25.0 Å². The van der Waals surface area contributed by atoms with E-state index in [0.29, 0.717) is 0 Å². The molecule has 284 valence electrons. The maximum absolute atomic E-state index is 2.52. The van der Waals surface area contributed by atoms with Crippen molar-refractivity contribution in [3.05, 3.63) is 217 Å². The SMILES string of the molecule is CC1(C)c2ccccc2-c2ccc(N(c3ccccc3-c3ccccc3)c3cccc4c3c3ccccc3n4-c3ccccc3-c3cccc4c3sc3ccccc34)cc21. The van der Waals surface area contributed by atoms with Crippen LogP contribution in [0.3, 0.4) is 0 Å². The summed E-state index contributed by atoms with van der Waals surface area (Å²) in [6, 6.07) is 76.1. The molecule has 0 radical (unpaired) electrons. The Bertz CT molecular complexity index is 3480. The molecule has 0 saturated heterocycles. The van der Waals surface area contributed by atoms with Crippen LogP contribution in [0.15, 0.2) is 206 Å². The Balaban J connectivity index is 1.14. The molecule has 0 amide bonds. The molecule has 0 atom stereocenters. The van der Waals surface area contributed by atoms with Gasteiger partial charge in [-0.2, -0.15) is 0 Å². The van der Waals surface area contributed by atoms with E-state index < -0.39 is 0 Å². The Kier molecular flexibility index (Phi) is 7.79. The first-order valence-electron chi connectivity index (χ1n) is 20.8. The van der Waals surface area contributed by atoms with Crippen LogP contribution < -0.4 is 4.90 Å². The van der Waals surface area contributed by atoms with Crippen molar-refractivity contribution in [1.82, 2.24) is 4.57 Å². The summed E-state index contributed by atoms with van der Waals surface area (Å²) >= 11 is 1.89. The number of para-hydroxylation sites is 3. The van der Waals surface area contributed by atoms with Crippen LogP contribution in [0, 0.1) is 0 Å². The molecule has 0 saturated carbocycles. The summed E-state index contributed by atoms with van der Waals surface area (Å²) < 4.78 is 5.13. The molecule has 0 N–H and O–H groups in total. The number of hydrogen-bond acceptors (Lipinski definition) is 2. The third-order valence-electron chi connectivity index (χ3n) is 12.8. The van der Waals surface area contributed by atoms with Crippen LogP contribution in [0.5, 0.6) is 0 Å². The molecule has 0 aliphatic heterocycles. The predicted molar refractivity (Wildman–Crippen MR) is 257 cm³/mol. The fourth-order valence-electron chi connectivity index (χ4n) is 10.1. The molecule has 12 rings (SSSR count). The van der Waals surface area contributed by atoms with Crippen molar-refractivity contribution >= 4 is 70.4 Å². The smallest absolute Gasteiger partial charge is 0.0562 e. The van der Waals surface area contributed by atoms with Gasteiger partial charge in [-0.05, 0) is 76.3 Å². The molecule has 1 aliphatic carbocycles. The number of fused-ring (bicyclic) bond motifs is 9. The van der Waals surface area contributed by atoms with Crippen molar-refractivity contribution in [3.63, 3.8) is 0 Å². The lowest BCUT2D eigenvalue weighted by atomic mass is 9.82. The summed E-state index contributed by atoms with van der Waals surface area (Å²) in [5.41, 5.74) is 17.0. The number of rotatable bonds is 6. The van der Waals surface area contributed by atoms with E-state index in [0.717, 1.165) is 17.1 Å². The Morgan fingerprint density at radius 3 is 1.93 bits per heavy atom. The van der Waals surface area contributed by atoms with E-state index in [2.05, 4.69) is 230 Å². The molecule has 2 aromatic heterocycles. The van der Waals surface area contributed by atoms with E-state index in [4.69, 9.17) is 0 Å². The molecule has 3 heteroatoms. The molecule has 0 spiro atoms. The molecule has 11 aromatic rings. The van der Waals surface area contributed by atoms with Gasteiger partial charge in [-0.1, -0.05) is 172 Å². The summed E-state index contributed by atoms with van der Waals surface area (Å²) in [6.07, 6.45) is 0. The molecule has 0 fully saturated rings. The lowest BCUT2D eigenvalue weighted by Gasteiger charge is -2.30. The highest BCUT2D eigenvalue weighted by Crippen LogP contribution is 2.53. The van der Waals surface area contributed by atoms with Crippen molar-refractivity contribution < 1.29 is 0 Å². The van der Waals surface area contributed by atoms with E-state index >= 15 is 0 Å². The molecule has 9 aromatic carbocycles. The van der Waals surface area contributed by atoms with Crippen LogP contribution in [0.25, 0.3) is 81.0 Å². The van der Waals surface area contributed by atoms with E-state index in [1.165, 1.54) is 92.2 Å². The Morgan fingerprint density at radius 2 is 1.05 bits per heavy atom. The molecule has 2 heterocycles. The Labute approximate surface area is 353 Å². The summed E-state index contributed by atoms with van der Waals surface area (Å²) in [7, 11) is 0. The third-order valence-corrected chi connectivity index (χ3v) is 14.0. The van der Waals surface area contributed by atoms with Crippen molar-refractivity contribution in [2.24, 2.45) is 0 Å². The van der Waals surface area contributed by atoms with E-state index in [-0.39, 0.29) is 5.41 Å². The van der Waals surface area contributed by atoms with Crippen LogP contribution in [-0.4, -0.2) is 4.57 Å². The maximum Gasteiger partial charge on any atom is 0.0562 e. The van der Waals surface area contributed by atoms with Crippen molar-refractivity contribution in [2.75, 3.05) is 4.90 Å². The second kappa shape index (κ2) is 13.4. The van der Waals surface area contributed by atoms with Crippen molar-refractivity contribution in [2.45, 2.75) is 19.3 Å². The molecule has 0 bridgehead atoms. The second-order valence-corrected chi connectivity index (χ2v) is 17.5. The van der Waals surface area contributed by atoms with Gasteiger partial charge in [0.05, 0.1) is 28.1 Å². The van der Waals surface area contributed by atoms with Gasteiger partial charge in [-0.25, -0.2) is 0 Å². The van der Waals surface area contributed by atoms with Crippen LogP contribution in [0.4, 0.5) is 17.1 Å². The van der Waals surface area contributed by atoms with Crippen molar-refractivity contribution in [3.8, 4) is 39.1 Å². The van der Waals surface area contributed by atoms with Crippen molar-refractivity contribution in [1.29, 1.82) is 0 Å². The molecule has 0 unspecified atom stereocenters. The molecule has 60 heavy (non-hydrogen) atoms. The number of aromatic nitrogens is 1. The quantitative estimate of drug-likeness (QED) is 0.163. The van der Waals surface area contributed by atoms with E-state index in [1.54, 1.807) is 0 Å². The van der Waals surface area contributed by atoms with Gasteiger partial charge in [0.15, 0.2) is 0 Å². The lowest BCUT2D eigenvalue weighted by molar-refractivity contribution is 0.660. The Hall–Kier alpha value is -7.20. The number of nitrogens with zero attached hydrogens (tertiary/aromatic N) is 2. The van der Waals surface area contributed by atoms with E-state index in [1.807, 2.05) is 11.3 Å². The maximum atomic E-state index is 2.52. The van der Waals surface area contributed by atoms with Crippen LogP contribution in [-0.2, 0) is 5.41 Å². The minimum atomic E-state index is -0.143. The molecular weight excluding hydrogens is 745 g/mol. The highest BCUT2D eigenvalue weighted by atomic mass is 32.1. The summed E-state index contributed by atoms with van der Waals surface area (Å²) in [4.78, 5) is 2.52. The number of benzene rings is 9. The van der Waals surface area contributed by atoms with Crippen LogP contribution in [0.2, 0.25) is 0 Å². The third kappa shape index (κ3) is 5.12. The van der Waals surface area contributed by atoms with Gasteiger partial charge < -0.3 is 9.47 Å². The standard InChI is InChI=1S/C57H40N2S/c1-57(2)47-27-11-6-21-40(47)41-35-34-38(36-48(41)57)58(49-28-12-7-20-39(49)37-18-4-3-5-19-37)52-31-17-32-53-55(52)46-24-9-14-30-51(46)59(53)50-29-13-8-22-42(50)44-25-16-26-45-43-23-10-15-33-54(43)60-56(44)45/h3-36H,1-2H3. The first-order chi connectivity index (χ1) is 29.6. The van der Waals surface area contributed by atoms with Gasteiger partial charge in [0.25, 0.3) is 0 Å². The molecule has 1 aliphatic rings. The first-order valence-corrected chi connectivity index (χ1v) is 21.6. The molecule has 2 nitrogen and oxygen atoms in total. The summed E-state index contributed by atoms with van der Waals surface area (Å²) in [6.45, 7) is 4.74. The number of thiophene rings is 1. The second-order valence-electron chi connectivity index (χ2n) is 16.4. The monoisotopic (exact) mass is 784 g/mol. The summed E-state index contributed by atoms with van der Waals surface area (Å²) in [5.74, 6) is 0. The largest absolute Gasteiger partial charge is 0.309 e. The predicted octanol–water partition coefficient (Wildman–Crippen LogP) is 16.3. The minimum absolute atomic E-state index is 0.143. The summed E-state index contributed by atoms with van der Waals surface area (Å²) in [5, 5.41) is 5.05.